The lowest BCUT2D eigenvalue weighted by atomic mass is 9.79. The number of benzene rings is 3. The zero-order valence-corrected chi connectivity index (χ0v) is 15.7. The third kappa shape index (κ3) is 3.86. The maximum absolute atomic E-state index is 9.79. The van der Waals surface area contributed by atoms with Gasteiger partial charge in [0.2, 0.25) is 0 Å². The van der Waals surface area contributed by atoms with Gasteiger partial charge in [-0.15, -0.1) is 0 Å². The van der Waals surface area contributed by atoms with E-state index in [1.165, 1.54) is 0 Å². The molecule has 0 bridgehead atoms. The Morgan fingerprint density at radius 1 is 0.536 bits per heavy atom. The Balaban J connectivity index is 2.19. The largest absolute Gasteiger partial charge is 0.396 e. The van der Waals surface area contributed by atoms with E-state index in [1.807, 2.05) is 91.0 Å². The molecule has 4 heteroatoms. The van der Waals surface area contributed by atoms with Gasteiger partial charge in [0.25, 0.3) is 0 Å². The van der Waals surface area contributed by atoms with Crippen LogP contribution in [0.1, 0.15) is 16.7 Å². The minimum atomic E-state index is -1.14. The van der Waals surface area contributed by atoms with Crippen LogP contribution in [0.3, 0.4) is 0 Å². The van der Waals surface area contributed by atoms with E-state index in [0.717, 1.165) is 16.7 Å². The fourth-order valence-electron chi connectivity index (χ4n) is 3.32. The van der Waals surface area contributed by atoms with Crippen LogP contribution in [0.4, 0.5) is 0 Å². The van der Waals surface area contributed by atoms with Crippen molar-refractivity contribution in [1.29, 1.82) is 0 Å². The molecule has 0 fully saturated rings. The minimum Gasteiger partial charge on any atom is -0.396 e. The highest BCUT2D eigenvalue weighted by Gasteiger charge is 2.40. The first-order valence-electron chi connectivity index (χ1n) is 9.34. The molecular weight excluding hydrogens is 352 g/mol. The molecule has 0 saturated carbocycles. The molecule has 0 aliphatic rings. The molecule has 0 unspecified atom stereocenters. The van der Waals surface area contributed by atoms with Gasteiger partial charge in [-0.05, 0) is 16.7 Å². The highest BCUT2D eigenvalue weighted by atomic mass is 16.5. The molecule has 4 nitrogen and oxygen atoms in total. The first-order chi connectivity index (χ1) is 13.7. The first kappa shape index (κ1) is 20.2. The van der Waals surface area contributed by atoms with Crippen LogP contribution < -0.4 is 0 Å². The topological polar surface area (TPSA) is 69.9 Å². The Labute approximate surface area is 165 Å². The Kier molecular flexibility index (Phi) is 6.60. The summed E-state index contributed by atoms with van der Waals surface area (Å²) in [5.74, 6) is 0. The summed E-state index contributed by atoms with van der Waals surface area (Å²) >= 11 is 0. The summed E-state index contributed by atoms with van der Waals surface area (Å²) in [6.07, 6.45) is 0. The third-order valence-corrected chi connectivity index (χ3v) is 5.14. The SMILES string of the molecule is OCC(CO)(CO)COC(c1ccccc1)(c1ccccc1)c1ccccc1. The van der Waals surface area contributed by atoms with Crippen molar-refractivity contribution in [2.24, 2.45) is 5.41 Å². The molecule has 3 N–H and O–H groups in total. The summed E-state index contributed by atoms with van der Waals surface area (Å²) in [6, 6.07) is 29.6. The van der Waals surface area contributed by atoms with Crippen LogP contribution in [-0.2, 0) is 10.3 Å². The molecule has 146 valence electrons. The van der Waals surface area contributed by atoms with E-state index in [2.05, 4.69) is 0 Å². The lowest BCUT2D eigenvalue weighted by molar-refractivity contribution is -0.0966. The van der Waals surface area contributed by atoms with E-state index in [-0.39, 0.29) is 26.4 Å². The van der Waals surface area contributed by atoms with Gasteiger partial charge < -0.3 is 20.1 Å². The monoisotopic (exact) mass is 378 g/mol. The van der Waals surface area contributed by atoms with Gasteiger partial charge in [-0.3, -0.25) is 0 Å². The van der Waals surface area contributed by atoms with Gasteiger partial charge in [0.1, 0.15) is 5.60 Å². The quantitative estimate of drug-likeness (QED) is 0.501. The lowest BCUT2D eigenvalue weighted by Gasteiger charge is -2.39. The van der Waals surface area contributed by atoms with Crippen molar-refractivity contribution in [3.8, 4) is 0 Å². The van der Waals surface area contributed by atoms with Crippen molar-refractivity contribution < 1.29 is 20.1 Å². The number of rotatable bonds is 9. The molecule has 0 amide bonds. The average molecular weight is 378 g/mol. The zero-order chi connectivity index (χ0) is 19.9. The molecule has 28 heavy (non-hydrogen) atoms. The Morgan fingerprint density at radius 3 is 1.14 bits per heavy atom. The van der Waals surface area contributed by atoms with Crippen LogP contribution in [0.2, 0.25) is 0 Å². The first-order valence-corrected chi connectivity index (χ1v) is 9.34. The van der Waals surface area contributed by atoms with Crippen molar-refractivity contribution >= 4 is 0 Å². The molecule has 0 atom stereocenters. The van der Waals surface area contributed by atoms with Crippen molar-refractivity contribution in [2.75, 3.05) is 26.4 Å². The molecule has 3 aromatic carbocycles. The average Bonchev–Trinajstić information content (AvgIpc) is 2.79. The molecule has 0 spiro atoms. The van der Waals surface area contributed by atoms with Gasteiger partial charge >= 0.3 is 0 Å². The fourth-order valence-corrected chi connectivity index (χ4v) is 3.32. The van der Waals surface area contributed by atoms with Crippen molar-refractivity contribution in [3.05, 3.63) is 108 Å². The summed E-state index contributed by atoms with van der Waals surface area (Å²) in [4.78, 5) is 0. The van der Waals surface area contributed by atoms with Crippen molar-refractivity contribution in [2.45, 2.75) is 5.60 Å². The van der Waals surface area contributed by atoms with E-state index in [1.54, 1.807) is 0 Å². The van der Waals surface area contributed by atoms with E-state index in [4.69, 9.17) is 4.74 Å². The maximum atomic E-state index is 9.79. The van der Waals surface area contributed by atoms with Gasteiger partial charge in [-0.1, -0.05) is 91.0 Å². The molecule has 0 aliphatic heterocycles. The van der Waals surface area contributed by atoms with Gasteiger partial charge in [0, 0.05) is 0 Å². The normalized spacial score (nSPS) is 12.1. The molecule has 0 aliphatic carbocycles. The summed E-state index contributed by atoms with van der Waals surface area (Å²) in [6.45, 7) is -1.16. The predicted molar refractivity (Wildman–Crippen MR) is 109 cm³/mol. The summed E-state index contributed by atoms with van der Waals surface area (Å²) < 4.78 is 6.55. The molecular formula is C24H26O4. The number of aliphatic hydroxyl groups is 3. The third-order valence-electron chi connectivity index (χ3n) is 5.14. The summed E-state index contributed by atoms with van der Waals surface area (Å²) in [7, 11) is 0. The summed E-state index contributed by atoms with van der Waals surface area (Å²) in [5, 5.41) is 29.4. The molecule has 3 rings (SSSR count). The van der Waals surface area contributed by atoms with Crippen LogP contribution >= 0.6 is 0 Å². The molecule has 0 saturated heterocycles. The maximum Gasteiger partial charge on any atom is 0.143 e. The molecule has 0 aromatic heterocycles. The highest BCUT2D eigenvalue weighted by molar-refractivity contribution is 5.47. The van der Waals surface area contributed by atoms with E-state index < -0.39 is 11.0 Å². The smallest absolute Gasteiger partial charge is 0.143 e. The second kappa shape index (κ2) is 9.13. The minimum absolute atomic E-state index is 0.0187. The number of aliphatic hydroxyl groups excluding tert-OH is 3. The van der Waals surface area contributed by atoms with Crippen LogP contribution in [0.15, 0.2) is 91.0 Å². The second-order valence-electron chi connectivity index (χ2n) is 7.04. The van der Waals surface area contributed by atoms with E-state index in [0.29, 0.717) is 0 Å². The Hall–Kier alpha value is -2.50. The lowest BCUT2D eigenvalue weighted by Crippen LogP contribution is -2.43. The number of hydrogen-bond donors (Lipinski definition) is 3. The van der Waals surface area contributed by atoms with Gasteiger partial charge in [0.15, 0.2) is 0 Å². The van der Waals surface area contributed by atoms with Crippen molar-refractivity contribution in [1.82, 2.24) is 0 Å². The van der Waals surface area contributed by atoms with Crippen LogP contribution in [0, 0.1) is 5.41 Å². The molecule has 3 aromatic rings. The van der Waals surface area contributed by atoms with E-state index in [9.17, 15) is 15.3 Å². The van der Waals surface area contributed by atoms with Gasteiger partial charge in [0.05, 0.1) is 31.8 Å². The standard InChI is InChI=1S/C24H26O4/c25-16-23(17-26,18-27)19-28-24(20-10-4-1-5-11-20,21-12-6-2-7-13-21)22-14-8-3-9-15-22/h1-15,25-27H,16-19H2. The Bertz CT molecular complexity index is 725. The number of ether oxygens (including phenoxy) is 1. The predicted octanol–water partition coefficient (Wildman–Crippen LogP) is 2.96. The van der Waals surface area contributed by atoms with Gasteiger partial charge in [-0.2, -0.15) is 0 Å². The van der Waals surface area contributed by atoms with Crippen LogP contribution in [0.5, 0.6) is 0 Å². The van der Waals surface area contributed by atoms with Crippen LogP contribution in [-0.4, -0.2) is 41.7 Å². The van der Waals surface area contributed by atoms with Crippen molar-refractivity contribution in [3.63, 3.8) is 0 Å². The van der Waals surface area contributed by atoms with E-state index >= 15 is 0 Å². The highest BCUT2D eigenvalue weighted by Crippen LogP contribution is 2.41. The Morgan fingerprint density at radius 2 is 0.857 bits per heavy atom. The van der Waals surface area contributed by atoms with Gasteiger partial charge in [-0.25, -0.2) is 0 Å². The zero-order valence-electron chi connectivity index (χ0n) is 15.7. The molecule has 0 radical (unpaired) electrons. The summed E-state index contributed by atoms with van der Waals surface area (Å²) in [5.41, 5.74) is 0.693. The molecule has 0 heterocycles. The number of hydrogen-bond acceptors (Lipinski definition) is 4. The van der Waals surface area contributed by atoms with Crippen LogP contribution in [0.25, 0.3) is 0 Å². The fraction of sp³-hybridized carbons (Fsp3) is 0.250. The second-order valence-corrected chi connectivity index (χ2v) is 7.04.